The van der Waals surface area contributed by atoms with Crippen molar-refractivity contribution >= 4 is 27.3 Å². The Morgan fingerprint density at radius 2 is 2.06 bits per heavy atom. The molecule has 1 unspecified atom stereocenters. The second-order valence-corrected chi connectivity index (χ2v) is 6.43. The summed E-state index contributed by atoms with van der Waals surface area (Å²) >= 11 is 5.16. The van der Waals surface area contributed by atoms with Crippen molar-refractivity contribution in [2.24, 2.45) is 5.84 Å². The summed E-state index contributed by atoms with van der Waals surface area (Å²) in [5, 5.41) is 2.12. The van der Waals surface area contributed by atoms with Crippen molar-refractivity contribution in [1.29, 1.82) is 0 Å². The molecule has 90 valence electrons. The summed E-state index contributed by atoms with van der Waals surface area (Å²) in [7, 11) is 0. The van der Waals surface area contributed by atoms with Crippen molar-refractivity contribution in [3.05, 3.63) is 55.7 Å². The van der Waals surface area contributed by atoms with Gasteiger partial charge in [0.15, 0.2) is 0 Å². The molecule has 3 N–H and O–H groups in total. The fourth-order valence-corrected chi connectivity index (χ4v) is 3.19. The van der Waals surface area contributed by atoms with Gasteiger partial charge in [-0.25, -0.2) is 5.43 Å². The average molecular weight is 311 g/mol. The van der Waals surface area contributed by atoms with Crippen molar-refractivity contribution in [1.82, 2.24) is 5.43 Å². The minimum Gasteiger partial charge on any atom is -0.271 e. The Morgan fingerprint density at radius 3 is 2.59 bits per heavy atom. The summed E-state index contributed by atoms with van der Waals surface area (Å²) in [6.45, 7) is 4.22. The van der Waals surface area contributed by atoms with Crippen LogP contribution in [0.5, 0.6) is 0 Å². The van der Waals surface area contributed by atoms with Crippen LogP contribution in [-0.4, -0.2) is 0 Å². The van der Waals surface area contributed by atoms with Crippen molar-refractivity contribution in [2.75, 3.05) is 0 Å². The molecule has 2 nitrogen and oxygen atoms in total. The lowest BCUT2D eigenvalue weighted by atomic mass is 9.96. The highest BCUT2D eigenvalue weighted by atomic mass is 79.9. The predicted molar refractivity (Wildman–Crippen MR) is 77.1 cm³/mol. The van der Waals surface area contributed by atoms with Crippen LogP contribution in [-0.2, 0) is 0 Å². The lowest BCUT2D eigenvalue weighted by molar-refractivity contribution is 0.635. The Bertz CT molecular complexity index is 522. The standard InChI is InChI=1S/C13H15BrN2S/c1-8-3-4-11(9(2)5-8)13(16-15)10-6-12(14)17-7-10/h3-7,13,16H,15H2,1-2H3. The second kappa shape index (κ2) is 5.31. The van der Waals surface area contributed by atoms with Crippen LogP contribution in [0.3, 0.4) is 0 Å². The molecule has 1 atom stereocenters. The van der Waals surface area contributed by atoms with Gasteiger partial charge in [0.2, 0.25) is 0 Å². The van der Waals surface area contributed by atoms with Crippen molar-refractivity contribution < 1.29 is 0 Å². The van der Waals surface area contributed by atoms with Gasteiger partial charge in [-0.05, 0) is 57.9 Å². The van der Waals surface area contributed by atoms with E-state index in [1.807, 2.05) is 0 Å². The Kier molecular flexibility index (Phi) is 3.99. The van der Waals surface area contributed by atoms with Gasteiger partial charge in [-0.1, -0.05) is 23.8 Å². The number of hydrogen-bond donors (Lipinski definition) is 2. The van der Waals surface area contributed by atoms with E-state index in [4.69, 9.17) is 5.84 Å². The number of nitrogens with two attached hydrogens (primary N) is 1. The Morgan fingerprint density at radius 1 is 1.29 bits per heavy atom. The van der Waals surface area contributed by atoms with E-state index in [0.717, 1.165) is 3.79 Å². The van der Waals surface area contributed by atoms with Crippen LogP contribution in [0.15, 0.2) is 33.4 Å². The zero-order valence-electron chi connectivity index (χ0n) is 9.83. The fourth-order valence-electron chi connectivity index (χ4n) is 1.99. The first-order valence-corrected chi connectivity index (χ1v) is 7.06. The van der Waals surface area contributed by atoms with Gasteiger partial charge in [-0.2, -0.15) is 0 Å². The summed E-state index contributed by atoms with van der Waals surface area (Å²) in [6.07, 6.45) is 0. The number of hydrogen-bond acceptors (Lipinski definition) is 3. The highest BCUT2D eigenvalue weighted by molar-refractivity contribution is 9.11. The number of hydrazine groups is 1. The number of rotatable bonds is 3. The number of nitrogens with one attached hydrogen (secondary N) is 1. The Balaban J connectivity index is 2.42. The van der Waals surface area contributed by atoms with Gasteiger partial charge in [-0.3, -0.25) is 5.84 Å². The quantitative estimate of drug-likeness (QED) is 0.670. The van der Waals surface area contributed by atoms with Crippen LogP contribution in [0.2, 0.25) is 0 Å². The molecule has 0 saturated heterocycles. The molecular weight excluding hydrogens is 296 g/mol. The first kappa shape index (κ1) is 12.8. The van der Waals surface area contributed by atoms with Crippen LogP contribution in [0, 0.1) is 13.8 Å². The van der Waals surface area contributed by atoms with Crippen molar-refractivity contribution in [3.8, 4) is 0 Å². The highest BCUT2D eigenvalue weighted by Crippen LogP contribution is 2.30. The summed E-state index contributed by atoms with van der Waals surface area (Å²) in [5.74, 6) is 5.69. The smallest absolute Gasteiger partial charge is 0.0721 e. The summed E-state index contributed by atoms with van der Waals surface area (Å²) in [5.41, 5.74) is 7.84. The molecule has 0 amide bonds. The van der Waals surface area contributed by atoms with Gasteiger partial charge in [-0.15, -0.1) is 11.3 Å². The lowest BCUT2D eigenvalue weighted by Gasteiger charge is -2.18. The first-order valence-electron chi connectivity index (χ1n) is 5.39. The molecule has 4 heteroatoms. The van der Waals surface area contributed by atoms with E-state index in [9.17, 15) is 0 Å². The molecule has 0 aliphatic rings. The first-order chi connectivity index (χ1) is 8.11. The molecule has 17 heavy (non-hydrogen) atoms. The van der Waals surface area contributed by atoms with Gasteiger partial charge in [0.05, 0.1) is 9.83 Å². The third-order valence-electron chi connectivity index (χ3n) is 2.82. The van der Waals surface area contributed by atoms with Crippen LogP contribution in [0.25, 0.3) is 0 Å². The largest absolute Gasteiger partial charge is 0.271 e. The normalized spacial score (nSPS) is 12.7. The molecular formula is C13H15BrN2S. The van der Waals surface area contributed by atoms with Gasteiger partial charge in [0.1, 0.15) is 0 Å². The van der Waals surface area contributed by atoms with E-state index in [1.165, 1.54) is 22.3 Å². The van der Waals surface area contributed by atoms with E-state index in [1.54, 1.807) is 11.3 Å². The van der Waals surface area contributed by atoms with E-state index >= 15 is 0 Å². The van der Waals surface area contributed by atoms with Gasteiger partial charge < -0.3 is 0 Å². The zero-order valence-corrected chi connectivity index (χ0v) is 12.2. The molecule has 1 heterocycles. The molecule has 0 saturated carbocycles. The molecule has 1 aromatic heterocycles. The Hall–Kier alpha value is -0.680. The molecule has 0 radical (unpaired) electrons. The van der Waals surface area contributed by atoms with E-state index in [-0.39, 0.29) is 6.04 Å². The van der Waals surface area contributed by atoms with Crippen LogP contribution < -0.4 is 11.3 Å². The monoisotopic (exact) mass is 310 g/mol. The van der Waals surface area contributed by atoms with Crippen LogP contribution in [0.1, 0.15) is 28.3 Å². The van der Waals surface area contributed by atoms with Gasteiger partial charge in [0.25, 0.3) is 0 Å². The van der Waals surface area contributed by atoms with Crippen molar-refractivity contribution in [3.63, 3.8) is 0 Å². The lowest BCUT2D eigenvalue weighted by Crippen LogP contribution is -2.29. The SMILES string of the molecule is Cc1ccc(C(NN)c2csc(Br)c2)c(C)c1. The number of thiophene rings is 1. The summed E-state index contributed by atoms with van der Waals surface area (Å²) < 4.78 is 1.12. The Labute approximate surface area is 114 Å². The third-order valence-corrected chi connectivity index (χ3v) is 4.35. The summed E-state index contributed by atoms with van der Waals surface area (Å²) in [4.78, 5) is 0. The van der Waals surface area contributed by atoms with Gasteiger partial charge >= 0.3 is 0 Å². The fraction of sp³-hybridized carbons (Fsp3) is 0.231. The molecule has 2 rings (SSSR count). The average Bonchev–Trinajstić information content (AvgIpc) is 2.69. The van der Waals surface area contributed by atoms with Crippen LogP contribution >= 0.6 is 27.3 Å². The predicted octanol–water partition coefficient (Wildman–Crippen LogP) is 3.68. The van der Waals surface area contributed by atoms with Crippen molar-refractivity contribution in [2.45, 2.75) is 19.9 Å². The minimum absolute atomic E-state index is 0.0538. The minimum atomic E-state index is 0.0538. The number of aryl methyl sites for hydroxylation is 2. The molecule has 0 aliphatic carbocycles. The molecule has 0 bridgehead atoms. The van der Waals surface area contributed by atoms with E-state index in [2.05, 4.69) is 64.8 Å². The summed E-state index contributed by atoms with van der Waals surface area (Å²) in [6, 6.07) is 8.60. The zero-order chi connectivity index (χ0) is 12.4. The maximum Gasteiger partial charge on any atom is 0.0721 e. The molecule has 2 aromatic rings. The number of benzene rings is 1. The van der Waals surface area contributed by atoms with E-state index in [0.29, 0.717) is 0 Å². The molecule has 0 aliphatic heterocycles. The van der Waals surface area contributed by atoms with Gasteiger partial charge in [0, 0.05) is 0 Å². The highest BCUT2D eigenvalue weighted by Gasteiger charge is 2.15. The third kappa shape index (κ3) is 2.77. The molecule has 0 fully saturated rings. The van der Waals surface area contributed by atoms with E-state index < -0.39 is 0 Å². The molecule has 1 aromatic carbocycles. The second-order valence-electron chi connectivity index (χ2n) is 4.14. The topological polar surface area (TPSA) is 38.0 Å². The maximum absolute atomic E-state index is 5.69. The van der Waals surface area contributed by atoms with Crippen LogP contribution in [0.4, 0.5) is 0 Å². The number of halogens is 1. The molecule has 0 spiro atoms. The maximum atomic E-state index is 5.69.